The van der Waals surface area contributed by atoms with Crippen molar-refractivity contribution in [3.05, 3.63) is 35.4 Å². The van der Waals surface area contributed by atoms with Gasteiger partial charge in [0.15, 0.2) is 11.8 Å². The zero-order chi connectivity index (χ0) is 16.3. The number of aliphatic imine (C=N–C) groups is 1. The fourth-order valence-corrected chi connectivity index (χ4v) is 3.17. The third-order valence-corrected chi connectivity index (χ3v) is 4.63. The molecule has 0 radical (unpaired) electrons. The van der Waals surface area contributed by atoms with Gasteiger partial charge in [0.25, 0.3) is 0 Å². The number of esters is 1. The lowest BCUT2D eigenvalue weighted by Gasteiger charge is -2.18. The molecule has 1 aromatic rings. The van der Waals surface area contributed by atoms with E-state index in [1.807, 2.05) is 24.3 Å². The highest BCUT2D eigenvalue weighted by molar-refractivity contribution is 8.14. The quantitative estimate of drug-likeness (QED) is 0.631. The van der Waals surface area contributed by atoms with E-state index in [-0.39, 0.29) is 23.6 Å². The summed E-state index contributed by atoms with van der Waals surface area (Å²) in [4.78, 5) is 28.0. The van der Waals surface area contributed by atoms with E-state index in [2.05, 4.69) is 30.5 Å². The van der Waals surface area contributed by atoms with Crippen LogP contribution in [0.1, 0.15) is 43.1 Å². The summed E-state index contributed by atoms with van der Waals surface area (Å²) in [6.45, 7) is 6.42. The Morgan fingerprint density at radius 3 is 2.45 bits per heavy atom. The Morgan fingerprint density at radius 1 is 1.27 bits per heavy atom. The Morgan fingerprint density at radius 2 is 1.91 bits per heavy atom. The van der Waals surface area contributed by atoms with Gasteiger partial charge < -0.3 is 4.74 Å². The van der Waals surface area contributed by atoms with E-state index in [1.54, 1.807) is 0 Å². The fourth-order valence-electron chi connectivity index (χ4n) is 2.17. The molecule has 1 atom stereocenters. The van der Waals surface area contributed by atoms with E-state index in [0.29, 0.717) is 16.4 Å². The van der Waals surface area contributed by atoms with E-state index in [1.165, 1.54) is 24.4 Å². The van der Waals surface area contributed by atoms with Gasteiger partial charge in [0.05, 0.1) is 18.6 Å². The van der Waals surface area contributed by atoms with Gasteiger partial charge in [0.1, 0.15) is 0 Å². The second-order valence-electron chi connectivity index (χ2n) is 6.30. The van der Waals surface area contributed by atoms with Crippen LogP contribution in [-0.4, -0.2) is 35.7 Å². The smallest absolute Gasteiger partial charge is 0.331 e. The molecule has 0 aromatic heterocycles. The molecule has 0 aliphatic carbocycles. The molecule has 0 bridgehead atoms. The number of rotatable bonds is 4. The number of ether oxygens (including phenoxy) is 1. The zero-order valence-electron chi connectivity index (χ0n) is 13.4. The number of Topliss-reactive ketones (excluding diaryl/α,β-unsaturated/α-hetero) is 1. The molecule has 4 nitrogen and oxygen atoms in total. The predicted octanol–water partition coefficient (Wildman–Crippen LogP) is 3.24. The SMILES string of the molecule is COC(=O)C1CSC(CC(=O)c2ccc(C(C)(C)C)cc2)=N1. The lowest BCUT2D eigenvalue weighted by atomic mass is 9.86. The molecule has 1 aromatic carbocycles. The van der Waals surface area contributed by atoms with Gasteiger partial charge >= 0.3 is 5.97 Å². The van der Waals surface area contributed by atoms with Crippen molar-refractivity contribution < 1.29 is 14.3 Å². The minimum Gasteiger partial charge on any atom is -0.467 e. The summed E-state index contributed by atoms with van der Waals surface area (Å²) in [5.74, 6) is 0.236. The summed E-state index contributed by atoms with van der Waals surface area (Å²) in [5.41, 5.74) is 1.95. The van der Waals surface area contributed by atoms with Crippen LogP contribution >= 0.6 is 11.8 Å². The zero-order valence-corrected chi connectivity index (χ0v) is 14.2. The Hall–Kier alpha value is -1.62. The van der Waals surface area contributed by atoms with E-state index in [4.69, 9.17) is 0 Å². The first-order valence-electron chi connectivity index (χ1n) is 7.22. The van der Waals surface area contributed by atoms with Gasteiger partial charge in [-0.1, -0.05) is 45.0 Å². The highest BCUT2D eigenvalue weighted by Gasteiger charge is 2.26. The summed E-state index contributed by atoms with van der Waals surface area (Å²) in [5, 5.41) is 0.709. The monoisotopic (exact) mass is 319 g/mol. The van der Waals surface area contributed by atoms with Gasteiger partial charge in [0.2, 0.25) is 0 Å². The number of thioether (sulfide) groups is 1. The van der Waals surface area contributed by atoms with E-state index in [9.17, 15) is 9.59 Å². The summed E-state index contributed by atoms with van der Waals surface area (Å²) in [6, 6.07) is 7.24. The van der Waals surface area contributed by atoms with Crippen LogP contribution in [0, 0.1) is 0 Å². The molecule has 0 amide bonds. The van der Waals surface area contributed by atoms with E-state index < -0.39 is 6.04 Å². The molecule has 0 saturated carbocycles. The Labute approximate surface area is 135 Å². The molecule has 1 aliphatic heterocycles. The van der Waals surface area contributed by atoms with E-state index >= 15 is 0 Å². The first kappa shape index (κ1) is 16.7. The second-order valence-corrected chi connectivity index (χ2v) is 7.39. The van der Waals surface area contributed by atoms with Gasteiger partial charge in [-0.25, -0.2) is 4.79 Å². The molecule has 118 valence electrons. The third kappa shape index (κ3) is 3.97. The van der Waals surface area contributed by atoms with Gasteiger partial charge in [-0.15, -0.1) is 11.8 Å². The molecule has 5 heteroatoms. The average Bonchev–Trinajstić information content (AvgIpc) is 2.94. The molecule has 1 heterocycles. The van der Waals surface area contributed by atoms with Gasteiger partial charge in [0, 0.05) is 11.3 Å². The highest BCUT2D eigenvalue weighted by atomic mass is 32.2. The largest absolute Gasteiger partial charge is 0.467 e. The molecule has 0 N–H and O–H groups in total. The number of hydrogen-bond donors (Lipinski definition) is 0. The highest BCUT2D eigenvalue weighted by Crippen LogP contribution is 2.24. The first-order valence-corrected chi connectivity index (χ1v) is 8.21. The third-order valence-electron chi connectivity index (χ3n) is 3.57. The van der Waals surface area contributed by atoms with Crippen molar-refractivity contribution in [1.29, 1.82) is 0 Å². The second kappa shape index (κ2) is 6.65. The molecule has 22 heavy (non-hydrogen) atoms. The van der Waals surface area contributed by atoms with Crippen molar-refractivity contribution in [1.82, 2.24) is 0 Å². The summed E-state index contributed by atoms with van der Waals surface area (Å²) >= 11 is 1.45. The molecular weight excluding hydrogens is 298 g/mol. The van der Waals surface area contributed by atoms with Crippen LogP contribution < -0.4 is 0 Å². The summed E-state index contributed by atoms with van der Waals surface area (Å²) < 4.78 is 4.67. The molecule has 2 rings (SSSR count). The van der Waals surface area contributed by atoms with Crippen LogP contribution in [0.2, 0.25) is 0 Å². The molecule has 0 fully saturated rings. The molecule has 1 unspecified atom stereocenters. The van der Waals surface area contributed by atoms with Crippen molar-refractivity contribution in [3.8, 4) is 0 Å². The minimum absolute atomic E-state index is 0.0252. The molecule has 0 spiro atoms. The van der Waals surface area contributed by atoms with Crippen molar-refractivity contribution in [2.45, 2.75) is 38.6 Å². The van der Waals surface area contributed by atoms with Crippen LogP contribution in [0.3, 0.4) is 0 Å². The maximum Gasteiger partial charge on any atom is 0.331 e. The van der Waals surface area contributed by atoms with Crippen LogP contribution in [0.25, 0.3) is 0 Å². The maximum atomic E-state index is 12.3. The number of ketones is 1. The maximum absolute atomic E-state index is 12.3. The average molecular weight is 319 g/mol. The predicted molar refractivity (Wildman–Crippen MR) is 89.8 cm³/mol. The van der Waals surface area contributed by atoms with Crippen molar-refractivity contribution in [2.75, 3.05) is 12.9 Å². The van der Waals surface area contributed by atoms with Gasteiger partial charge in [-0.3, -0.25) is 9.79 Å². The van der Waals surface area contributed by atoms with Gasteiger partial charge in [-0.2, -0.15) is 0 Å². The number of carbonyl (C=O) groups is 2. The fraction of sp³-hybridized carbons (Fsp3) is 0.471. The lowest BCUT2D eigenvalue weighted by Crippen LogP contribution is -2.19. The van der Waals surface area contributed by atoms with Crippen molar-refractivity contribution in [3.63, 3.8) is 0 Å². The summed E-state index contributed by atoms with van der Waals surface area (Å²) in [6.07, 6.45) is 0.243. The van der Waals surface area contributed by atoms with Gasteiger partial charge in [-0.05, 0) is 11.0 Å². The number of methoxy groups -OCH3 is 1. The molecular formula is C17H21NO3S. The molecule has 0 saturated heterocycles. The number of benzene rings is 1. The van der Waals surface area contributed by atoms with Crippen LogP contribution in [0.4, 0.5) is 0 Å². The Balaban J connectivity index is 2.03. The number of carbonyl (C=O) groups excluding carboxylic acids is 2. The van der Waals surface area contributed by atoms with Crippen LogP contribution in [0.15, 0.2) is 29.3 Å². The topological polar surface area (TPSA) is 55.7 Å². The van der Waals surface area contributed by atoms with Crippen molar-refractivity contribution >= 4 is 28.6 Å². The lowest BCUT2D eigenvalue weighted by molar-refractivity contribution is -0.141. The Kier molecular flexibility index (Phi) is 5.06. The van der Waals surface area contributed by atoms with Crippen molar-refractivity contribution in [2.24, 2.45) is 4.99 Å². The molecule has 1 aliphatic rings. The first-order chi connectivity index (χ1) is 10.3. The number of nitrogens with zero attached hydrogens (tertiary/aromatic N) is 1. The Bertz CT molecular complexity index is 599. The minimum atomic E-state index is -0.471. The number of hydrogen-bond acceptors (Lipinski definition) is 5. The van der Waals surface area contributed by atoms with E-state index in [0.717, 1.165) is 0 Å². The summed E-state index contributed by atoms with van der Waals surface area (Å²) in [7, 11) is 1.35. The normalized spacial score (nSPS) is 18.0. The van der Waals surface area contributed by atoms with Crippen LogP contribution in [0.5, 0.6) is 0 Å². The van der Waals surface area contributed by atoms with Crippen LogP contribution in [-0.2, 0) is 14.9 Å². The standard InChI is InChI=1S/C17H21NO3S/c1-17(2,3)12-7-5-11(6-8-12)14(19)9-15-18-13(10-22-15)16(20)21-4/h5-8,13H,9-10H2,1-4H3.